The van der Waals surface area contributed by atoms with Crippen molar-refractivity contribution in [2.45, 2.75) is 60.3 Å². The summed E-state index contributed by atoms with van der Waals surface area (Å²) in [5, 5.41) is 0. The fourth-order valence-corrected chi connectivity index (χ4v) is 4.64. The van der Waals surface area contributed by atoms with Gasteiger partial charge in [0.2, 0.25) is 5.69 Å². The third kappa shape index (κ3) is 3.67. The maximum atomic E-state index is 4.79. The molecule has 0 amide bonds. The molecule has 0 bridgehead atoms. The van der Waals surface area contributed by atoms with Gasteiger partial charge in [-0.05, 0) is 60.9 Å². The lowest BCUT2D eigenvalue weighted by atomic mass is 9.92. The summed E-state index contributed by atoms with van der Waals surface area (Å²) in [5.74, 6) is 0.874. The molecule has 4 aromatic rings. The zero-order valence-electron chi connectivity index (χ0n) is 20.1. The van der Waals surface area contributed by atoms with E-state index >= 15 is 0 Å². The van der Waals surface area contributed by atoms with E-state index in [0.29, 0.717) is 11.8 Å². The van der Waals surface area contributed by atoms with E-state index in [9.17, 15) is 0 Å². The molecule has 3 nitrogen and oxygen atoms in total. The van der Waals surface area contributed by atoms with Gasteiger partial charge < -0.3 is 0 Å². The second-order valence-electron chi connectivity index (χ2n) is 9.50. The topological polar surface area (TPSA) is 21.7 Å². The minimum Gasteiger partial charge on any atom is -0.298 e. The van der Waals surface area contributed by atoms with E-state index < -0.39 is 0 Å². The number of aryl methyl sites for hydroxylation is 3. The molecule has 0 aliphatic rings. The van der Waals surface area contributed by atoms with Gasteiger partial charge in [0.05, 0.1) is 11.2 Å². The molecule has 0 atom stereocenters. The Morgan fingerprint density at radius 3 is 2.16 bits per heavy atom. The first-order valence-electron chi connectivity index (χ1n) is 11.3. The first kappa shape index (κ1) is 21.3. The van der Waals surface area contributed by atoms with Gasteiger partial charge in [-0.15, -0.1) is 0 Å². The summed E-state index contributed by atoms with van der Waals surface area (Å²) in [7, 11) is 2.12. The van der Waals surface area contributed by atoms with Crippen LogP contribution in [0.4, 0.5) is 0 Å². The van der Waals surface area contributed by atoms with Crippen LogP contribution in [0, 0.1) is 20.8 Å². The normalized spacial score (nSPS) is 11.8. The van der Waals surface area contributed by atoms with Crippen molar-refractivity contribution in [3.8, 4) is 16.9 Å². The summed E-state index contributed by atoms with van der Waals surface area (Å²) in [5.41, 5.74) is 12.6. The van der Waals surface area contributed by atoms with Crippen LogP contribution >= 0.6 is 0 Å². The van der Waals surface area contributed by atoms with Gasteiger partial charge in [-0.2, -0.15) is 4.57 Å². The average Bonchev–Trinajstić information content (AvgIpc) is 3.11. The van der Waals surface area contributed by atoms with Crippen LogP contribution in [0.3, 0.4) is 0 Å². The van der Waals surface area contributed by atoms with Crippen molar-refractivity contribution in [2.75, 3.05) is 0 Å². The first-order valence-corrected chi connectivity index (χ1v) is 11.3. The SMILES string of the molecule is Cc1cc(C)c(C)c(-c2cc3c(c[n+]2C)ncn3-c2c(C(C)C)cccc2C(C)C)c1. The Kier molecular flexibility index (Phi) is 5.47. The summed E-state index contributed by atoms with van der Waals surface area (Å²) in [4.78, 5) is 4.79. The Morgan fingerprint density at radius 1 is 0.903 bits per heavy atom. The van der Waals surface area contributed by atoms with Crippen molar-refractivity contribution in [2.24, 2.45) is 7.05 Å². The van der Waals surface area contributed by atoms with Crippen LogP contribution in [0.5, 0.6) is 0 Å². The molecular formula is C28H34N3+. The minimum atomic E-state index is 0.437. The number of para-hydroxylation sites is 1. The van der Waals surface area contributed by atoms with Crippen molar-refractivity contribution in [3.05, 3.63) is 76.7 Å². The fraction of sp³-hybridized carbons (Fsp3) is 0.357. The third-order valence-electron chi connectivity index (χ3n) is 6.47. The highest BCUT2D eigenvalue weighted by molar-refractivity contribution is 5.81. The smallest absolute Gasteiger partial charge is 0.214 e. The highest BCUT2D eigenvalue weighted by atomic mass is 15.1. The van der Waals surface area contributed by atoms with Gasteiger partial charge in [-0.3, -0.25) is 4.57 Å². The van der Waals surface area contributed by atoms with Crippen LogP contribution in [-0.2, 0) is 7.05 Å². The molecule has 0 spiro atoms. The van der Waals surface area contributed by atoms with Gasteiger partial charge in [0.1, 0.15) is 13.4 Å². The maximum Gasteiger partial charge on any atom is 0.214 e. The van der Waals surface area contributed by atoms with Gasteiger partial charge in [-0.1, -0.05) is 57.5 Å². The molecule has 0 radical (unpaired) electrons. The predicted octanol–water partition coefficient (Wildman–Crippen LogP) is 6.69. The Morgan fingerprint density at radius 2 is 1.55 bits per heavy atom. The number of rotatable bonds is 4. The molecule has 3 heteroatoms. The van der Waals surface area contributed by atoms with E-state index in [0.717, 1.165) is 11.0 Å². The Labute approximate surface area is 186 Å². The molecule has 4 rings (SSSR count). The number of benzene rings is 2. The molecule has 31 heavy (non-hydrogen) atoms. The number of pyridine rings is 1. The number of aromatic nitrogens is 3. The second-order valence-corrected chi connectivity index (χ2v) is 9.50. The molecular weight excluding hydrogens is 378 g/mol. The molecule has 0 fully saturated rings. The van der Waals surface area contributed by atoms with Crippen molar-refractivity contribution >= 4 is 11.0 Å². The van der Waals surface area contributed by atoms with Gasteiger partial charge in [0.15, 0.2) is 11.7 Å². The number of hydrogen-bond donors (Lipinski definition) is 0. The molecule has 0 aliphatic heterocycles. The summed E-state index contributed by atoms with van der Waals surface area (Å²) in [6, 6.07) is 13.6. The summed E-state index contributed by atoms with van der Waals surface area (Å²) < 4.78 is 4.51. The summed E-state index contributed by atoms with van der Waals surface area (Å²) in [6.07, 6.45) is 4.15. The lowest BCUT2D eigenvalue weighted by Gasteiger charge is -2.20. The van der Waals surface area contributed by atoms with E-state index in [1.165, 1.54) is 44.8 Å². The van der Waals surface area contributed by atoms with Gasteiger partial charge >= 0.3 is 0 Å². The Bertz CT molecular complexity index is 1250. The molecule has 0 saturated heterocycles. The molecule has 2 aromatic heterocycles. The quantitative estimate of drug-likeness (QED) is 0.342. The van der Waals surface area contributed by atoms with Gasteiger partial charge in [-0.25, -0.2) is 4.98 Å². The number of imidazole rings is 1. The van der Waals surface area contributed by atoms with E-state index in [1.54, 1.807) is 0 Å². The lowest BCUT2D eigenvalue weighted by Crippen LogP contribution is -2.30. The van der Waals surface area contributed by atoms with Crippen LogP contribution < -0.4 is 4.57 Å². The van der Waals surface area contributed by atoms with Crippen molar-refractivity contribution in [3.63, 3.8) is 0 Å². The largest absolute Gasteiger partial charge is 0.298 e. The maximum absolute atomic E-state index is 4.79. The van der Waals surface area contributed by atoms with Crippen LogP contribution in [0.1, 0.15) is 67.3 Å². The monoisotopic (exact) mass is 412 g/mol. The van der Waals surface area contributed by atoms with Crippen LogP contribution in [0.15, 0.2) is 48.9 Å². The van der Waals surface area contributed by atoms with Gasteiger partial charge in [0, 0.05) is 11.6 Å². The van der Waals surface area contributed by atoms with Crippen molar-refractivity contribution in [1.82, 2.24) is 9.55 Å². The molecule has 0 saturated carbocycles. The van der Waals surface area contributed by atoms with Crippen LogP contribution in [-0.4, -0.2) is 9.55 Å². The molecule has 2 aromatic carbocycles. The number of nitrogens with zero attached hydrogens (tertiary/aromatic N) is 3. The number of fused-ring (bicyclic) bond motifs is 1. The van der Waals surface area contributed by atoms with Crippen LogP contribution in [0.25, 0.3) is 28.0 Å². The van der Waals surface area contributed by atoms with E-state index in [2.05, 4.69) is 107 Å². The highest BCUT2D eigenvalue weighted by Crippen LogP contribution is 2.34. The lowest BCUT2D eigenvalue weighted by molar-refractivity contribution is -0.659. The Hall–Kier alpha value is -2.94. The fourth-order valence-electron chi connectivity index (χ4n) is 4.64. The van der Waals surface area contributed by atoms with E-state index in [-0.39, 0.29) is 0 Å². The Balaban J connectivity index is 2.04. The van der Waals surface area contributed by atoms with Gasteiger partial charge in [0.25, 0.3) is 0 Å². The predicted molar refractivity (Wildman–Crippen MR) is 130 cm³/mol. The highest BCUT2D eigenvalue weighted by Gasteiger charge is 2.21. The van der Waals surface area contributed by atoms with Crippen molar-refractivity contribution in [1.29, 1.82) is 0 Å². The van der Waals surface area contributed by atoms with E-state index in [4.69, 9.17) is 4.98 Å². The first-order chi connectivity index (χ1) is 14.7. The second kappa shape index (κ2) is 7.96. The third-order valence-corrected chi connectivity index (χ3v) is 6.47. The molecule has 2 heterocycles. The molecule has 0 N–H and O–H groups in total. The van der Waals surface area contributed by atoms with Crippen molar-refractivity contribution < 1.29 is 4.57 Å². The minimum absolute atomic E-state index is 0.437. The molecule has 0 unspecified atom stereocenters. The zero-order valence-corrected chi connectivity index (χ0v) is 20.1. The molecule has 0 aliphatic carbocycles. The standard InChI is InChI=1S/C28H34N3/c1-17(2)22-10-9-11-23(18(3)4)28(22)31-16-29-25-15-30(8)26(14-27(25)31)24-13-19(5)12-20(6)21(24)7/h9-18H,1-8H3/q+1. The summed E-state index contributed by atoms with van der Waals surface area (Å²) >= 11 is 0. The number of hydrogen-bond acceptors (Lipinski definition) is 1. The summed E-state index contributed by atoms with van der Waals surface area (Å²) in [6.45, 7) is 15.7. The van der Waals surface area contributed by atoms with E-state index in [1.807, 2.05) is 6.33 Å². The zero-order chi connectivity index (χ0) is 22.4. The van der Waals surface area contributed by atoms with Crippen LogP contribution in [0.2, 0.25) is 0 Å². The molecule has 160 valence electrons. The average molecular weight is 413 g/mol.